The molecule has 2 N–H and O–H groups in total. The normalized spacial score (nSPS) is 17.5. The van der Waals surface area contributed by atoms with Gasteiger partial charge >= 0.3 is 6.36 Å². The number of amides is 1. The summed E-state index contributed by atoms with van der Waals surface area (Å²) in [5, 5.41) is 3.10. The van der Waals surface area contributed by atoms with E-state index < -0.39 is 34.6 Å². The van der Waals surface area contributed by atoms with Gasteiger partial charge in [-0.15, -0.1) is 25.6 Å². The van der Waals surface area contributed by atoms with Gasteiger partial charge in [0.2, 0.25) is 15.9 Å². The molecule has 0 saturated carbocycles. The number of hydrogen-bond acceptors (Lipinski definition) is 5. The minimum Gasteiger partial charge on any atom is -0.406 e. The van der Waals surface area contributed by atoms with E-state index >= 15 is 0 Å². The van der Waals surface area contributed by atoms with Crippen molar-refractivity contribution in [1.29, 1.82) is 0 Å². The standard InChI is InChI=1S/C14H18F3N3O4S.ClH/c1-20(10-6-7-18-8-10)13(21)9-19-25(22,23)12-4-2-11(3-5-12)24-14(15,16)17;/h2-5,10,18-19H,6-9H2,1H3;1H. The summed E-state index contributed by atoms with van der Waals surface area (Å²) >= 11 is 0. The molecule has 148 valence electrons. The smallest absolute Gasteiger partial charge is 0.406 e. The van der Waals surface area contributed by atoms with Gasteiger partial charge in [-0.1, -0.05) is 0 Å². The van der Waals surface area contributed by atoms with Crippen LogP contribution in [0.4, 0.5) is 13.2 Å². The van der Waals surface area contributed by atoms with E-state index in [1.807, 2.05) is 0 Å². The van der Waals surface area contributed by atoms with Gasteiger partial charge in [0.15, 0.2) is 0 Å². The fourth-order valence-electron chi connectivity index (χ4n) is 2.36. The van der Waals surface area contributed by atoms with E-state index in [9.17, 15) is 26.4 Å². The van der Waals surface area contributed by atoms with Crippen LogP contribution in [0.15, 0.2) is 29.2 Å². The molecule has 0 aliphatic carbocycles. The molecule has 1 aromatic rings. The number of hydrogen-bond donors (Lipinski definition) is 2. The molecular weight excluding hydrogens is 399 g/mol. The van der Waals surface area contributed by atoms with Gasteiger partial charge in [-0.25, -0.2) is 13.1 Å². The second-order valence-electron chi connectivity index (χ2n) is 5.50. The Kier molecular flexibility index (Phi) is 7.69. The number of halogens is 4. The third-order valence-corrected chi connectivity index (χ3v) is 5.17. The molecule has 1 aliphatic heterocycles. The average Bonchev–Trinajstić information content (AvgIpc) is 3.05. The maximum Gasteiger partial charge on any atom is 0.573 e. The zero-order valence-electron chi connectivity index (χ0n) is 13.7. The Bertz CT molecular complexity index is 707. The molecule has 1 amide bonds. The summed E-state index contributed by atoms with van der Waals surface area (Å²) in [4.78, 5) is 13.3. The number of benzene rings is 1. The van der Waals surface area contributed by atoms with E-state index in [1.54, 1.807) is 7.05 Å². The van der Waals surface area contributed by atoms with Crippen LogP contribution in [-0.2, 0) is 14.8 Å². The predicted molar refractivity (Wildman–Crippen MR) is 89.6 cm³/mol. The van der Waals surface area contributed by atoms with Crippen LogP contribution in [-0.4, -0.2) is 58.3 Å². The minimum absolute atomic E-state index is 0. The summed E-state index contributed by atoms with van der Waals surface area (Å²) in [5.74, 6) is -0.926. The number of sulfonamides is 1. The maximum absolute atomic E-state index is 12.1. The third kappa shape index (κ3) is 6.31. The zero-order chi connectivity index (χ0) is 18.7. The highest BCUT2D eigenvalue weighted by atomic mass is 35.5. The van der Waals surface area contributed by atoms with Gasteiger partial charge in [-0.2, -0.15) is 0 Å². The van der Waals surface area contributed by atoms with Crippen LogP contribution in [0.3, 0.4) is 0 Å². The van der Waals surface area contributed by atoms with Crippen molar-refractivity contribution < 1.29 is 31.1 Å². The van der Waals surface area contributed by atoms with E-state index in [1.165, 1.54) is 4.90 Å². The number of alkyl halides is 3. The minimum atomic E-state index is -4.86. The van der Waals surface area contributed by atoms with E-state index in [0.29, 0.717) is 6.54 Å². The summed E-state index contributed by atoms with van der Waals surface area (Å²) in [6, 6.07) is 3.73. The molecule has 1 heterocycles. The largest absolute Gasteiger partial charge is 0.573 e. The molecule has 2 rings (SSSR count). The highest BCUT2D eigenvalue weighted by Crippen LogP contribution is 2.23. The van der Waals surface area contributed by atoms with Crippen molar-refractivity contribution in [3.63, 3.8) is 0 Å². The van der Waals surface area contributed by atoms with Crippen molar-refractivity contribution in [2.75, 3.05) is 26.7 Å². The summed E-state index contributed by atoms with van der Waals surface area (Å²) in [7, 11) is -2.43. The molecule has 1 aromatic carbocycles. The van der Waals surface area contributed by atoms with Crippen molar-refractivity contribution >= 4 is 28.3 Å². The fourth-order valence-corrected chi connectivity index (χ4v) is 3.33. The number of carbonyl (C=O) groups is 1. The van der Waals surface area contributed by atoms with Gasteiger partial charge in [-0.3, -0.25) is 4.79 Å². The topological polar surface area (TPSA) is 87.7 Å². The predicted octanol–water partition coefficient (Wildman–Crippen LogP) is 1.11. The van der Waals surface area contributed by atoms with Crippen LogP contribution >= 0.6 is 12.4 Å². The molecule has 1 saturated heterocycles. The average molecular weight is 418 g/mol. The highest BCUT2D eigenvalue weighted by Gasteiger charge is 2.31. The first-order chi connectivity index (χ1) is 11.6. The Hall–Kier alpha value is -1.56. The molecular formula is C14H19ClF3N3O4S. The molecule has 0 bridgehead atoms. The number of nitrogens with zero attached hydrogens (tertiary/aromatic N) is 1. The van der Waals surface area contributed by atoms with Crippen LogP contribution in [0.1, 0.15) is 6.42 Å². The molecule has 1 fully saturated rings. The lowest BCUT2D eigenvalue weighted by molar-refractivity contribution is -0.274. The molecule has 0 spiro atoms. The lowest BCUT2D eigenvalue weighted by Gasteiger charge is -2.23. The van der Waals surface area contributed by atoms with E-state index in [4.69, 9.17) is 0 Å². The van der Waals surface area contributed by atoms with Gasteiger partial charge in [0.1, 0.15) is 5.75 Å². The first-order valence-corrected chi connectivity index (χ1v) is 8.89. The van der Waals surface area contributed by atoms with Crippen molar-refractivity contribution in [3.8, 4) is 5.75 Å². The second-order valence-corrected chi connectivity index (χ2v) is 7.26. The Morgan fingerprint density at radius 1 is 1.35 bits per heavy atom. The molecule has 0 aromatic heterocycles. The van der Waals surface area contributed by atoms with Crippen LogP contribution in [0, 0.1) is 0 Å². The molecule has 7 nitrogen and oxygen atoms in total. The number of carbonyl (C=O) groups excluding carboxylic acids is 1. The molecule has 0 radical (unpaired) electrons. The van der Waals surface area contributed by atoms with E-state index in [-0.39, 0.29) is 23.3 Å². The van der Waals surface area contributed by atoms with E-state index in [2.05, 4.69) is 14.8 Å². The zero-order valence-corrected chi connectivity index (χ0v) is 15.4. The Balaban J connectivity index is 0.00000338. The van der Waals surface area contributed by atoms with Gasteiger partial charge in [-0.05, 0) is 37.2 Å². The highest BCUT2D eigenvalue weighted by molar-refractivity contribution is 7.89. The number of rotatable bonds is 6. The monoisotopic (exact) mass is 417 g/mol. The van der Waals surface area contributed by atoms with Crippen molar-refractivity contribution in [3.05, 3.63) is 24.3 Å². The van der Waals surface area contributed by atoms with Crippen LogP contribution < -0.4 is 14.8 Å². The number of likely N-dealkylation sites (N-methyl/N-ethyl adjacent to an activating group) is 1. The summed E-state index contributed by atoms with van der Waals surface area (Å²) in [6.45, 7) is 1.01. The van der Waals surface area contributed by atoms with E-state index in [0.717, 1.165) is 37.2 Å². The Morgan fingerprint density at radius 2 is 1.96 bits per heavy atom. The summed E-state index contributed by atoms with van der Waals surface area (Å²) in [5.41, 5.74) is 0. The molecule has 26 heavy (non-hydrogen) atoms. The first-order valence-electron chi connectivity index (χ1n) is 7.40. The second kappa shape index (κ2) is 8.89. The van der Waals surface area contributed by atoms with Gasteiger partial charge in [0, 0.05) is 19.6 Å². The van der Waals surface area contributed by atoms with Gasteiger partial charge in [0.25, 0.3) is 0 Å². The van der Waals surface area contributed by atoms with Crippen LogP contribution in [0.2, 0.25) is 0 Å². The lowest BCUT2D eigenvalue weighted by Crippen LogP contribution is -2.44. The SMILES string of the molecule is CN(C(=O)CNS(=O)(=O)c1ccc(OC(F)(F)F)cc1)C1CCNC1.Cl. The van der Waals surface area contributed by atoms with Crippen LogP contribution in [0.5, 0.6) is 5.75 Å². The van der Waals surface area contributed by atoms with Gasteiger partial charge < -0.3 is 15.0 Å². The Morgan fingerprint density at radius 3 is 2.46 bits per heavy atom. The molecule has 1 unspecified atom stereocenters. The fraction of sp³-hybridized carbons (Fsp3) is 0.500. The van der Waals surface area contributed by atoms with Crippen LogP contribution in [0.25, 0.3) is 0 Å². The quantitative estimate of drug-likeness (QED) is 0.724. The van der Waals surface area contributed by atoms with Crippen molar-refractivity contribution in [2.45, 2.75) is 23.7 Å². The first kappa shape index (κ1) is 22.5. The maximum atomic E-state index is 12.1. The Labute approximate surface area is 155 Å². The third-order valence-electron chi connectivity index (χ3n) is 3.76. The lowest BCUT2D eigenvalue weighted by atomic mass is 10.2. The molecule has 1 atom stereocenters. The number of ether oxygens (including phenoxy) is 1. The molecule has 12 heteroatoms. The molecule has 1 aliphatic rings. The summed E-state index contributed by atoms with van der Waals surface area (Å²) in [6.07, 6.45) is -4.07. The van der Waals surface area contributed by atoms with Gasteiger partial charge in [0.05, 0.1) is 11.4 Å². The summed E-state index contributed by atoms with van der Waals surface area (Å²) < 4.78 is 66.3. The number of nitrogens with one attached hydrogen (secondary N) is 2. The van der Waals surface area contributed by atoms with Crippen molar-refractivity contribution in [1.82, 2.24) is 14.9 Å². The van der Waals surface area contributed by atoms with Crippen molar-refractivity contribution in [2.24, 2.45) is 0 Å².